The van der Waals surface area contributed by atoms with Crippen molar-refractivity contribution in [1.82, 2.24) is 5.32 Å². The van der Waals surface area contributed by atoms with Crippen LogP contribution in [0.5, 0.6) is 5.75 Å². The molecule has 1 atom stereocenters. The molecule has 1 aromatic carbocycles. The molecule has 0 aliphatic heterocycles. The SMILES string of the molecule is CCC(CC(=O)OC)NC(=O)c1ccc(OC)cc1. The Labute approximate surface area is 112 Å². The van der Waals surface area contributed by atoms with Crippen LogP contribution in [0.3, 0.4) is 0 Å². The number of amides is 1. The molecule has 5 nitrogen and oxygen atoms in total. The number of rotatable bonds is 6. The molecule has 5 heteroatoms. The zero-order chi connectivity index (χ0) is 14.3. The van der Waals surface area contributed by atoms with Gasteiger partial charge in [-0.25, -0.2) is 0 Å². The second-order valence-electron chi connectivity index (χ2n) is 4.09. The van der Waals surface area contributed by atoms with E-state index in [1.54, 1.807) is 31.4 Å². The smallest absolute Gasteiger partial charge is 0.307 e. The second kappa shape index (κ2) is 7.41. The number of benzene rings is 1. The van der Waals surface area contributed by atoms with Crippen molar-refractivity contribution in [3.63, 3.8) is 0 Å². The van der Waals surface area contributed by atoms with Crippen molar-refractivity contribution >= 4 is 11.9 Å². The Morgan fingerprint density at radius 1 is 1.21 bits per heavy atom. The largest absolute Gasteiger partial charge is 0.497 e. The van der Waals surface area contributed by atoms with Crippen LogP contribution in [0.25, 0.3) is 0 Å². The highest BCUT2D eigenvalue weighted by molar-refractivity contribution is 5.94. The number of hydrogen-bond acceptors (Lipinski definition) is 4. The van der Waals surface area contributed by atoms with E-state index in [9.17, 15) is 9.59 Å². The molecule has 0 saturated carbocycles. The Morgan fingerprint density at radius 3 is 2.32 bits per heavy atom. The van der Waals surface area contributed by atoms with E-state index in [-0.39, 0.29) is 24.3 Å². The Balaban J connectivity index is 2.63. The van der Waals surface area contributed by atoms with Crippen molar-refractivity contribution < 1.29 is 19.1 Å². The van der Waals surface area contributed by atoms with Gasteiger partial charge in [-0.1, -0.05) is 6.92 Å². The van der Waals surface area contributed by atoms with Crippen molar-refractivity contribution in [2.75, 3.05) is 14.2 Å². The Kier molecular flexibility index (Phi) is 5.85. The van der Waals surface area contributed by atoms with Gasteiger partial charge in [-0.15, -0.1) is 0 Å². The van der Waals surface area contributed by atoms with Crippen LogP contribution in [0.1, 0.15) is 30.1 Å². The van der Waals surface area contributed by atoms with Crippen LogP contribution in [-0.4, -0.2) is 32.1 Å². The fourth-order valence-electron chi connectivity index (χ4n) is 1.59. The average Bonchev–Trinajstić information content (AvgIpc) is 2.46. The molecule has 0 spiro atoms. The molecule has 1 aromatic rings. The fourth-order valence-corrected chi connectivity index (χ4v) is 1.59. The summed E-state index contributed by atoms with van der Waals surface area (Å²) in [7, 11) is 2.90. The summed E-state index contributed by atoms with van der Waals surface area (Å²) < 4.78 is 9.62. The third-order valence-corrected chi connectivity index (χ3v) is 2.82. The third-order valence-electron chi connectivity index (χ3n) is 2.82. The lowest BCUT2D eigenvalue weighted by atomic mass is 10.1. The maximum atomic E-state index is 12.0. The molecule has 0 aliphatic carbocycles. The second-order valence-corrected chi connectivity index (χ2v) is 4.09. The third kappa shape index (κ3) is 4.62. The molecule has 104 valence electrons. The van der Waals surface area contributed by atoms with Crippen molar-refractivity contribution in [2.45, 2.75) is 25.8 Å². The van der Waals surface area contributed by atoms with Gasteiger partial charge in [0, 0.05) is 11.6 Å². The van der Waals surface area contributed by atoms with Gasteiger partial charge in [0.1, 0.15) is 5.75 Å². The summed E-state index contributed by atoms with van der Waals surface area (Å²) in [6.45, 7) is 1.90. The summed E-state index contributed by atoms with van der Waals surface area (Å²) in [6.07, 6.45) is 0.839. The number of carbonyl (C=O) groups excluding carboxylic acids is 2. The maximum absolute atomic E-state index is 12.0. The summed E-state index contributed by atoms with van der Waals surface area (Å²) in [5.74, 6) is 0.151. The topological polar surface area (TPSA) is 64.6 Å². The summed E-state index contributed by atoms with van der Waals surface area (Å²) in [5, 5.41) is 2.81. The van der Waals surface area contributed by atoms with Crippen molar-refractivity contribution in [3.8, 4) is 5.75 Å². The van der Waals surface area contributed by atoms with E-state index in [1.165, 1.54) is 7.11 Å². The number of ether oxygens (including phenoxy) is 2. The zero-order valence-electron chi connectivity index (χ0n) is 11.4. The van der Waals surface area contributed by atoms with Crippen molar-refractivity contribution in [2.24, 2.45) is 0 Å². The van der Waals surface area contributed by atoms with Gasteiger partial charge in [0.05, 0.1) is 20.6 Å². The molecule has 0 saturated heterocycles. The van der Waals surface area contributed by atoms with Gasteiger partial charge in [0.15, 0.2) is 0 Å². The molecule has 0 bridgehead atoms. The van der Waals surface area contributed by atoms with Gasteiger partial charge in [-0.05, 0) is 30.7 Å². The number of nitrogens with one attached hydrogen (secondary N) is 1. The fraction of sp³-hybridized carbons (Fsp3) is 0.429. The number of carbonyl (C=O) groups is 2. The highest BCUT2D eigenvalue weighted by Crippen LogP contribution is 2.11. The number of esters is 1. The highest BCUT2D eigenvalue weighted by Gasteiger charge is 2.16. The molecule has 0 radical (unpaired) electrons. The summed E-state index contributed by atoms with van der Waals surface area (Å²) in [5.41, 5.74) is 0.532. The lowest BCUT2D eigenvalue weighted by molar-refractivity contribution is -0.141. The van der Waals surface area contributed by atoms with Crippen LogP contribution in [0.2, 0.25) is 0 Å². The monoisotopic (exact) mass is 265 g/mol. The standard InChI is InChI=1S/C14H19NO4/c1-4-11(9-13(16)19-3)15-14(17)10-5-7-12(18-2)8-6-10/h5-8,11H,4,9H2,1-3H3,(H,15,17). The first kappa shape index (κ1) is 15.0. The predicted molar refractivity (Wildman–Crippen MR) is 71.2 cm³/mol. The quantitative estimate of drug-likeness (QED) is 0.796. The molecule has 1 rings (SSSR count). The summed E-state index contributed by atoms with van der Waals surface area (Å²) >= 11 is 0. The Bertz CT molecular complexity index is 428. The average molecular weight is 265 g/mol. The maximum Gasteiger partial charge on any atom is 0.307 e. The lowest BCUT2D eigenvalue weighted by Crippen LogP contribution is -2.36. The van der Waals surface area contributed by atoms with Gasteiger partial charge in [-0.3, -0.25) is 9.59 Å². The van der Waals surface area contributed by atoms with E-state index in [0.29, 0.717) is 17.7 Å². The molecule has 0 aromatic heterocycles. The minimum absolute atomic E-state index is 0.175. The molecule has 0 fully saturated rings. The van der Waals surface area contributed by atoms with Crippen LogP contribution in [0.15, 0.2) is 24.3 Å². The first-order chi connectivity index (χ1) is 9.10. The number of hydrogen-bond donors (Lipinski definition) is 1. The van der Waals surface area contributed by atoms with Crippen LogP contribution in [0, 0.1) is 0 Å². The minimum Gasteiger partial charge on any atom is -0.497 e. The highest BCUT2D eigenvalue weighted by atomic mass is 16.5. The first-order valence-corrected chi connectivity index (χ1v) is 6.12. The Morgan fingerprint density at radius 2 is 1.84 bits per heavy atom. The van der Waals surface area contributed by atoms with E-state index >= 15 is 0 Å². The molecule has 19 heavy (non-hydrogen) atoms. The molecule has 1 N–H and O–H groups in total. The van der Waals surface area contributed by atoms with E-state index in [1.807, 2.05) is 6.92 Å². The van der Waals surface area contributed by atoms with Gasteiger partial charge < -0.3 is 14.8 Å². The molecular weight excluding hydrogens is 246 g/mol. The van der Waals surface area contributed by atoms with Crippen molar-refractivity contribution in [3.05, 3.63) is 29.8 Å². The molecule has 1 amide bonds. The first-order valence-electron chi connectivity index (χ1n) is 6.12. The van der Waals surface area contributed by atoms with Crippen LogP contribution in [-0.2, 0) is 9.53 Å². The van der Waals surface area contributed by atoms with Gasteiger partial charge in [0.25, 0.3) is 5.91 Å². The molecule has 1 unspecified atom stereocenters. The van der Waals surface area contributed by atoms with Crippen LogP contribution in [0.4, 0.5) is 0 Å². The molecular formula is C14H19NO4. The minimum atomic E-state index is -0.332. The summed E-state index contributed by atoms with van der Waals surface area (Å²) in [4.78, 5) is 23.2. The van der Waals surface area contributed by atoms with E-state index in [0.717, 1.165) is 0 Å². The van der Waals surface area contributed by atoms with Crippen LogP contribution < -0.4 is 10.1 Å². The van der Waals surface area contributed by atoms with Gasteiger partial charge in [-0.2, -0.15) is 0 Å². The zero-order valence-corrected chi connectivity index (χ0v) is 11.4. The van der Waals surface area contributed by atoms with E-state index < -0.39 is 0 Å². The van der Waals surface area contributed by atoms with E-state index in [2.05, 4.69) is 10.1 Å². The lowest BCUT2D eigenvalue weighted by Gasteiger charge is -2.15. The van der Waals surface area contributed by atoms with Crippen molar-refractivity contribution in [1.29, 1.82) is 0 Å². The normalized spacial score (nSPS) is 11.5. The van der Waals surface area contributed by atoms with E-state index in [4.69, 9.17) is 4.74 Å². The van der Waals surface area contributed by atoms with Gasteiger partial charge in [0.2, 0.25) is 0 Å². The summed E-state index contributed by atoms with van der Waals surface area (Å²) in [6, 6.07) is 6.58. The molecule has 0 heterocycles. The van der Waals surface area contributed by atoms with Crippen LogP contribution >= 0.6 is 0 Å². The Hall–Kier alpha value is -2.04. The predicted octanol–water partition coefficient (Wildman–Crippen LogP) is 1.77. The number of methoxy groups -OCH3 is 2. The molecule has 0 aliphatic rings. The van der Waals surface area contributed by atoms with Gasteiger partial charge >= 0.3 is 5.97 Å².